The summed E-state index contributed by atoms with van der Waals surface area (Å²) in [5.41, 5.74) is 7.19. The summed E-state index contributed by atoms with van der Waals surface area (Å²) >= 11 is 0. The largest absolute Gasteiger partial charge is 0.496 e. The van der Waals surface area contributed by atoms with Crippen molar-refractivity contribution in [3.8, 4) is 5.75 Å². The molecule has 1 saturated carbocycles. The average Bonchev–Trinajstić information content (AvgIpc) is 2.47. The molecule has 0 spiro atoms. The van der Waals surface area contributed by atoms with Crippen LogP contribution in [-0.4, -0.2) is 17.6 Å². The van der Waals surface area contributed by atoms with Crippen LogP contribution in [0.15, 0.2) is 18.2 Å². The summed E-state index contributed by atoms with van der Waals surface area (Å²) in [7, 11) is 1.59. The zero-order valence-electron chi connectivity index (χ0n) is 12.8. The number of benzene rings is 1. The Bertz CT molecular complexity index is 508. The lowest BCUT2D eigenvalue weighted by atomic mass is 9.73. The quantitative estimate of drug-likeness (QED) is 0.666. The van der Waals surface area contributed by atoms with Crippen molar-refractivity contribution in [2.45, 2.75) is 51.0 Å². The summed E-state index contributed by atoms with van der Waals surface area (Å²) in [5.74, 6) is 1.46. The van der Waals surface area contributed by atoms with Crippen molar-refractivity contribution in [1.82, 2.24) is 0 Å². The highest BCUT2D eigenvalue weighted by atomic mass is 16.6. The van der Waals surface area contributed by atoms with Crippen molar-refractivity contribution in [3.63, 3.8) is 0 Å². The van der Waals surface area contributed by atoms with E-state index in [1.807, 2.05) is 0 Å². The molecule has 21 heavy (non-hydrogen) atoms. The highest BCUT2D eigenvalue weighted by Gasteiger charge is 2.32. The molecule has 2 rings (SSSR count). The second kappa shape index (κ2) is 6.43. The standard InChI is InChI=1S/C16H24N2O3/c1-3-12-6-8-16(17,9-7-12)11-13-10-14(18(19)20)4-5-15(13)21-2/h4-5,10,12H,3,6-9,11,17H2,1-2H3. The van der Waals surface area contributed by atoms with E-state index in [4.69, 9.17) is 10.5 Å². The maximum absolute atomic E-state index is 10.9. The fourth-order valence-corrected chi connectivity index (χ4v) is 3.23. The molecule has 0 heterocycles. The van der Waals surface area contributed by atoms with Gasteiger partial charge in [-0.15, -0.1) is 0 Å². The van der Waals surface area contributed by atoms with Crippen LogP contribution in [0.3, 0.4) is 0 Å². The van der Waals surface area contributed by atoms with Gasteiger partial charge >= 0.3 is 0 Å². The van der Waals surface area contributed by atoms with Crippen LogP contribution in [0.25, 0.3) is 0 Å². The van der Waals surface area contributed by atoms with Gasteiger partial charge < -0.3 is 10.5 Å². The monoisotopic (exact) mass is 292 g/mol. The molecule has 1 aromatic carbocycles. The molecule has 0 bridgehead atoms. The molecule has 0 atom stereocenters. The first-order valence-corrected chi connectivity index (χ1v) is 7.57. The summed E-state index contributed by atoms with van der Waals surface area (Å²) in [6.07, 6.45) is 6.06. The Labute approximate surface area is 125 Å². The molecule has 0 unspecified atom stereocenters. The fourth-order valence-electron chi connectivity index (χ4n) is 3.23. The van der Waals surface area contributed by atoms with Crippen molar-refractivity contribution in [3.05, 3.63) is 33.9 Å². The SMILES string of the molecule is CCC1CCC(N)(Cc2cc([N+](=O)[O-])ccc2OC)CC1. The van der Waals surface area contributed by atoms with Crippen LogP contribution in [0.2, 0.25) is 0 Å². The molecule has 1 fully saturated rings. The topological polar surface area (TPSA) is 78.4 Å². The first kappa shape index (κ1) is 15.8. The Morgan fingerprint density at radius 3 is 2.62 bits per heavy atom. The van der Waals surface area contributed by atoms with E-state index < -0.39 is 0 Å². The van der Waals surface area contributed by atoms with E-state index in [1.54, 1.807) is 19.2 Å². The third-order valence-electron chi connectivity index (χ3n) is 4.70. The van der Waals surface area contributed by atoms with Gasteiger partial charge in [0.15, 0.2) is 0 Å². The minimum absolute atomic E-state index is 0.0941. The van der Waals surface area contributed by atoms with E-state index in [0.29, 0.717) is 12.2 Å². The molecule has 0 aliphatic heterocycles. The van der Waals surface area contributed by atoms with Gasteiger partial charge in [-0.05, 0) is 44.1 Å². The Balaban J connectivity index is 2.18. The molecule has 0 radical (unpaired) electrons. The van der Waals surface area contributed by atoms with Gasteiger partial charge in [0.25, 0.3) is 5.69 Å². The normalized spacial score (nSPS) is 25.6. The number of rotatable bonds is 5. The Hall–Kier alpha value is -1.62. The van der Waals surface area contributed by atoms with E-state index in [9.17, 15) is 10.1 Å². The van der Waals surface area contributed by atoms with Gasteiger partial charge in [-0.2, -0.15) is 0 Å². The van der Waals surface area contributed by atoms with E-state index in [2.05, 4.69) is 6.92 Å². The van der Waals surface area contributed by atoms with Crippen molar-refractivity contribution in [1.29, 1.82) is 0 Å². The van der Waals surface area contributed by atoms with Gasteiger partial charge in [-0.1, -0.05) is 13.3 Å². The van der Waals surface area contributed by atoms with Crippen LogP contribution in [-0.2, 0) is 6.42 Å². The molecular weight excluding hydrogens is 268 g/mol. The molecule has 5 heteroatoms. The van der Waals surface area contributed by atoms with Crippen LogP contribution in [0.4, 0.5) is 5.69 Å². The number of non-ortho nitro benzene ring substituents is 1. The van der Waals surface area contributed by atoms with Crippen LogP contribution in [0.1, 0.15) is 44.6 Å². The highest BCUT2D eigenvalue weighted by molar-refractivity contribution is 5.44. The van der Waals surface area contributed by atoms with Crippen molar-refractivity contribution < 1.29 is 9.66 Å². The predicted octanol–water partition coefficient (Wildman–Crippen LogP) is 3.44. The van der Waals surface area contributed by atoms with Gasteiger partial charge in [0.05, 0.1) is 12.0 Å². The van der Waals surface area contributed by atoms with Crippen molar-refractivity contribution in [2.24, 2.45) is 11.7 Å². The van der Waals surface area contributed by atoms with E-state index >= 15 is 0 Å². The number of hydrogen-bond acceptors (Lipinski definition) is 4. The van der Waals surface area contributed by atoms with E-state index in [-0.39, 0.29) is 16.1 Å². The first-order chi connectivity index (χ1) is 9.97. The minimum Gasteiger partial charge on any atom is -0.496 e. The molecule has 0 saturated heterocycles. The van der Waals surface area contributed by atoms with Crippen molar-refractivity contribution in [2.75, 3.05) is 7.11 Å². The molecule has 116 valence electrons. The Kier molecular flexibility index (Phi) is 4.83. The summed E-state index contributed by atoms with van der Waals surface area (Å²) < 4.78 is 5.33. The second-order valence-corrected chi connectivity index (χ2v) is 6.14. The molecular formula is C16H24N2O3. The molecule has 2 N–H and O–H groups in total. The zero-order chi connectivity index (χ0) is 15.5. The summed E-state index contributed by atoms with van der Waals surface area (Å²) in [6, 6.07) is 4.73. The third-order valence-corrected chi connectivity index (χ3v) is 4.70. The molecule has 1 aromatic rings. The maximum Gasteiger partial charge on any atom is 0.269 e. The smallest absolute Gasteiger partial charge is 0.269 e. The number of nitro groups is 1. The number of nitrogens with zero attached hydrogens (tertiary/aromatic N) is 1. The fraction of sp³-hybridized carbons (Fsp3) is 0.625. The Morgan fingerprint density at radius 2 is 2.10 bits per heavy atom. The van der Waals surface area contributed by atoms with Crippen LogP contribution in [0, 0.1) is 16.0 Å². The molecule has 0 amide bonds. The molecule has 5 nitrogen and oxygen atoms in total. The lowest BCUT2D eigenvalue weighted by Gasteiger charge is -2.37. The van der Waals surface area contributed by atoms with Gasteiger partial charge in [0, 0.05) is 23.2 Å². The van der Waals surface area contributed by atoms with Gasteiger partial charge in [0.2, 0.25) is 0 Å². The van der Waals surface area contributed by atoms with Crippen LogP contribution < -0.4 is 10.5 Å². The van der Waals surface area contributed by atoms with E-state index in [1.165, 1.54) is 12.5 Å². The minimum atomic E-state index is -0.375. The number of hydrogen-bond donors (Lipinski definition) is 1. The third kappa shape index (κ3) is 3.73. The first-order valence-electron chi connectivity index (χ1n) is 7.57. The lowest BCUT2D eigenvalue weighted by Crippen LogP contribution is -2.45. The molecule has 1 aliphatic rings. The predicted molar refractivity (Wildman–Crippen MR) is 82.5 cm³/mol. The zero-order valence-corrected chi connectivity index (χ0v) is 12.8. The van der Waals surface area contributed by atoms with E-state index in [0.717, 1.165) is 37.2 Å². The summed E-state index contributed by atoms with van der Waals surface area (Å²) in [5, 5.41) is 10.9. The maximum atomic E-state index is 10.9. The second-order valence-electron chi connectivity index (χ2n) is 6.14. The lowest BCUT2D eigenvalue weighted by molar-refractivity contribution is -0.384. The van der Waals surface area contributed by atoms with Gasteiger partial charge in [0.1, 0.15) is 5.75 Å². The average molecular weight is 292 g/mol. The van der Waals surface area contributed by atoms with Crippen LogP contribution in [0.5, 0.6) is 5.75 Å². The number of nitro benzene ring substituents is 1. The number of methoxy groups -OCH3 is 1. The Morgan fingerprint density at radius 1 is 1.43 bits per heavy atom. The highest BCUT2D eigenvalue weighted by Crippen LogP contribution is 2.36. The molecule has 0 aromatic heterocycles. The number of ether oxygens (including phenoxy) is 1. The van der Waals surface area contributed by atoms with Crippen molar-refractivity contribution >= 4 is 5.69 Å². The van der Waals surface area contributed by atoms with Crippen LogP contribution >= 0.6 is 0 Å². The van der Waals surface area contributed by atoms with Gasteiger partial charge in [-0.25, -0.2) is 0 Å². The number of nitrogens with two attached hydrogens (primary N) is 1. The summed E-state index contributed by atoms with van der Waals surface area (Å²) in [6.45, 7) is 2.22. The summed E-state index contributed by atoms with van der Waals surface area (Å²) in [4.78, 5) is 10.6. The molecule has 1 aliphatic carbocycles. The van der Waals surface area contributed by atoms with Gasteiger partial charge in [-0.3, -0.25) is 10.1 Å².